The maximum atomic E-state index is 12.0. The largest absolute Gasteiger partial charge is 0.493 e. The molecule has 1 fully saturated rings. The van der Waals surface area contributed by atoms with Gasteiger partial charge in [-0.15, -0.1) is 0 Å². The van der Waals surface area contributed by atoms with Crippen LogP contribution < -0.4 is 14.8 Å². The van der Waals surface area contributed by atoms with E-state index in [4.69, 9.17) is 14.6 Å². The van der Waals surface area contributed by atoms with Crippen molar-refractivity contribution in [3.63, 3.8) is 0 Å². The van der Waals surface area contributed by atoms with Crippen molar-refractivity contribution in [2.75, 3.05) is 14.2 Å². The van der Waals surface area contributed by atoms with Crippen molar-refractivity contribution in [1.29, 1.82) is 0 Å². The highest BCUT2D eigenvalue weighted by molar-refractivity contribution is 6.13. The SMILES string of the molecule is COc1cc(/C=C2/NC(=O)N(C)C2=O)ccc1OCc1cccc(C(=O)O)c1. The Labute approximate surface area is 161 Å². The zero-order valence-corrected chi connectivity index (χ0v) is 15.3. The second-order valence-electron chi connectivity index (χ2n) is 6.06. The Bertz CT molecular complexity index is 982. The number of carbonyl (C=O) groups excluding carboxylic acids is 2. The Balaban J connectivity index is 1.77. The molecule has 2 N–H and O–H groups in total. The van der Waals surface area contributed by atoms with Crippen LogP contribution in [0.25, 0.3) is 6.08 Å². The highest BCUT2D eigenvalue weighted by Gasteiger charge is 2.29. The first-order chi connectivity index (χ1) is 13.4. The molecule has 28 heavy (non-hydrogen) atoms. The number of urea groups is 1. The van der Waals surface area contributed by atoms with Gasteiger partial charge in [-0.1, -0.05) is 18.2 Å². The van der Waals surface area contributed by atoms with E-state index in [1.54, 1.807) is 42.5 Å². The molecule has 3 amide bonds. The Hall–Kier alpha value is -3.81. The third-order valence-corrected chi connectivity index (χ3v) is 4.15. The van der Waals surface area contributed by atoms with Crippen LogP contribution in [0.3, 0.4) is 0 Å². The van der Waals surface area contributed by atoms with E-state index in [0.717, 1.165) is 4.90 Å². The van der Waals surface area contributed by atoms with Gasteiger partial charge in [-0.25, -0.2) is 9.59 Å². The fourth-order valence-electron chi connectivity index (χ4n) is 2.64. The lowest BCUT2D eigenvalue weighted by molar-refractivity contribution is -0.121. The van der Waals surface area contributed by atoms with Crippen LogP contribution >= 0.6 is 0 Å². The van der Waals surface area contributed by atoms with Crippen molar-refractivity contribution in [3.8, 4) is 11.5 Å². The number of nitrogens with one attached hydrogen (secondary N) is 1. The van der Waals surface area contributed by atoms with Gasteiger partial charge in [0.25, 0.3) is 5.91 Å². The van der Waals surface area contributed by atoms with Gasteiger partial charge in [0.15, 0.2) is 11.5 Å². The number of methoxy groups -OCH3 is 1. The minimum absolute atomic E-state index is 0.164. The maximum Gasteiger partial charge on any atom is 0.335 e. The van der Waals surface area contributed by atoms with E-state index in [-0.39, 0.29) is 17.9 Å². The monoisotopic (exact) mass is 382 g/mol. The minimum Gasteiger partial charge on any atom is -0.493 e. The third kappa shape index (κ3) is 3.96. The second kappa shape index (κ2) is 7.83. The molecule has 0 spiro atoms. The average molecular weight is 382 g/mol. The molecule has 1 heterocycles. The molecule has 0 aromatic heterocycles. The molecule has 8 nitrogen and oxygen atoms in total. The number of hydrogen-bond donors (Lipinski definition) is 2. The van der Waals surface area contributed by atoms with E-state index in [2.05, 4.69) is 5.32 Å². The van der Waals surface area contributed by atoms with Crippen molar-refractivity contribution < 1.29 is 29.0 Å². The van der Waals surface area contributed by atoms with Crippen molar-refractivity contribution >= 4 is 24.0 Å². The molecule has 144 valence electrons. The molecule has 0 saturated carbocycles. The topological polar surface area (TPSA) is 105 Å². The van der Waals surface area contributed by atoms with Gasteiger partial charge in [0.2, 0.25) is 0 Å². The number of likely N-dealkylation sites (N-methyl/N-ethyl adjacent to an activating group) is 1. The first kappa shape index (κ1) is 19.0. The molecule has 0 aliphatic carbocycles. The second-order valence-corrected chi connectivity index (χ2v) is 6.06. The maximum absolute atomic E-state index is 12.0. The standard InChI is InChI=1S/C20H18N2O6/c1-22-18(23)15(21-20(22)26)9-12-6-7-16(17(10-12)27-2)28-11-13-4-3-5-14(8-13)19(24)25/h3-10H,11H2,1-2H3,(H,21,26)(H,24,25)/b15-9+. The summed E-state index contributed by atoms with van der Waals surface area (Å²) < 4.78 is 11.1. The van der Waals surface area contributed by atoms with E-state index in [1.165, 1.54) is 20.2 Å². The zero-order chi connectivity index (χ0) is 20.3. The van der Waals surface area contributed by atoms with Crippen molar-refractivity contribution in [2.45, 2.75) is 6.61 Å². The lowest BCUT2D eigenvalue weighted by Crippen LogP contribution is -2.25. The smallest absolute Gasteiger partial charge is 0.335 e. The number of amides is 3. The molecular weight excluding hydrogens is 364 g/mol. The molecule has 2 aromatic carbocycles. The van der Waals surface area contributed by atoms with Crippen LogP contribution in [0.4, 0.5) is 4.79 Å². The Morgan fingerprint density at radius 2 is 1.96 bits per heavy atom. The molecule has 1 saturated heterocycles. The van der Waals surface area contributed by atoms with Gasteiger partial charge < -0.3 is 19.9 Å². The van der Waals surface area contributed by atoms with Crippen LogP contribution in [0.1, 0.15) is 21.5 Å². The van der Waals surface area contributed by atoms with Crippen molar-refractivity contribution in [2.24, 2.45) is 0 Å². The van der Waals surface area contributed by atoms with Gasteiger partial charge in [-0.3, -0.25) is 9.69 Å². The number of benzene rings is 2. The number of rotatable bonds is 6. The Morgan fingerprint density at radius 1 is 1.18 bits per heavy atom. The summed E-state index contributed by atoms with van der Waals surface area (Å²) in [4.78, 5) is 35.5. The van der Waals surface area contributed by atoms with Crippen LogP contribution in [0.15, 0.2) is 48.2 Å². The predicted molar refractivity (Wildman–Crippen MR) is 100 cm³/mol. The summed E-state index contributed by atoms with van der Waals surface area (Å²) >= 11 is 0. The number of hydrogen-bond acceptors (Lipinski definition) is 5. The summed E-state index contributed by atoms with van der Waals surface area (Å²) in [6.07, 6.45) is 1.55. The molecular formula is C20H18N2O6. The van der Waals surface area contributed by atoms with Gasteiger partial charge >= 0.3 is 12.0 Å². The molecule has 1 aliphatic rings. The minimum atomic E-state index is -1.00. The summed E-state index contributed by atoms with van der Waals surface area (Å²) in [7, 11) is 2.88. The number of nitrogens with zero attached hydrogens (tertiary/aromatic N) is 1. The molecule has 0 atom stereocenters. The van der Waals surface area contributed by atoms with Crippen LogP contribution in [0.5, 0.6) is 11.5 Å². The highest BCUT2D eigenvalue weighted by Crippen LogP contribution is 2.30. The molecule has 8 heteroatoms. The normalized spacial score (nSPS) is 14.9. The predicted octanol–water partition coefficient (Wildman–Crippen LogP) is 2.49. The van der Waals surface area contributed by atoms with Crippen molar-refractivity contribution in [1.82, 2.24) is 10.2 Å². The third-order valence-electron chi connectivity index (χ3n) is 4.15. The lowest BCUT2D eigenvalue weighted by Gasteiger charge is -2.12. The summed E-state index contributed by atoms with van der Waals surface area (Å²) in [5, 5.41) is 11.5. The van der Waals surface area contributed by atoms with E-state index < -0.39 is 17.9 Å². The first-order valence-electron chi connectivity index (χ1n) is 8.33. The number of carbonyl (C=O) groups is 3. The fourth-order valence-corrected chi connectivity index (χ4v) is 2.64. The van der Waals surface area contributed by atoms with Crippen LogP contribution in [0.2, 0.25) is 0 Å². The summed E-state index contributed by atoms with van der Waals surface area (Å²) in [5.74, 6) is -0.517. The Kier molecular flexibility index (Phi) is 5.30. The quantitative estimate of drug-likeness (QED) is 0.587. The van der Waals surface area contributed by atoms with Gasteiger partial charge in [0.1, 0.15) is 12.3 Å². The molecule has 2 aromatic rings. The zero-order valence-electron chi connectivity index (χ0n) is 15.3. The van der Waals surface area contributed by atoms with Gasteiger partial charge in [0.05, 0.1) is 12.7 Å². The number of aromatic carboxylic acids is 1. The van der Waals surface area contributed by atoms with E-state index in [0.29, 0.717) is 22.6 Å². The number of ether oxygens (including phenoxy) is 2. The summed E-state index contributed by atoms with van der Waals surface area (Å²) in [5.41, 5.74) is 1.71. The van der Waals surface area contributed by atoms with E-state index in [9.17, 15) is 14.4 Å². The summed E-state index contributed by atoms with van der Waals surface area (Å²) in [6.45, 7) is 0.164. The average Bonchev–Trinajstić information content (AvgIpc) is 2.93. The molecule has 0 unspecified atom stereocenters. The van der Waals surface area contributed by atoms with Gasteiger partial charge in [-0.05, 0) is 41.5 Å². The molecule has 0 bridgehead atoms. The number of carboxylic acids is 1. The first-order valence-corrected chi connectivity index (χ1v) is 8.33. The fraction of sp³-hybridized carbons (Fsp3) is 0.150. The van der Waals surface area contributed by atoms with E-state index in [1.807, 2.05) is 0 Å². The molecule has 1 aliphatic heterocycles. The molecule has 3 rings (SSSR count). The van der Waals surface area contributed by atoms with Crippen LogP contribution in [-0.2, 0) is 11.4 Å². The van der Waals surface area contributed by atoms with Crippen molar-refractivity contribution in [3.05, 3.63) is 64.9 Å². The highest BCUT2D eigenvalue weighted by atomic mass is 16.5. The van der Waals surface area contributed by atoms with Gasteiger partial charge in [-0.2, -0.15) is 0 Å². The van der Waals surface area contributed by atoms with E-state index >= 15 is 0 Å². The Morgan fingerprint density at radius 3 is 2.61 bits per heavy atom. The number of imide groups is 1. The van der Waals surface area contributed by atoms with Crippen LogP contribution in [0, 0.1) is 0 Å². The lowest BCUT2D eigenvalue weighted by atomic mass is 10.1. The van der Waals surface area contributed by atoms with Crippen LogP contribution in [-0.4, -0.2) is 42.1 Å². The summed E-state index contributed by atoms with van der Waals surface area (Å²) in [6, 6.07) is 11.1. The number of carboxylic acid groups (broad SMARTS) is 1. The molecule has 0 radical (unpaired) electrons. The van der Waals surface area contributed by atoms with Gasteiger partial charge in [0, 0.05) is 7.05 Å².